The fourth-order valence-corrected chi connectivity index (χ4v) is 3.06. The highest BCUT2D eigenvalue weighted by molar-refractivity contribution is 8.15. The molecule has 8 heteroatoms. The van der Waals surface area contributed by atoms with Crippen LogP contribution in [0, 0.1) is 0 Å². The Hall–Kier alpha value is -1.16. The zero-order valence-corrected chi connectivity index (χ0v) is 11.9. The molecule has 1 aromatic carbocycles. The minimum Gasteiger partial charge on any atom is -0.394 e. The van der Waals surface area contributed by atoms with Gasteiger partial charge in [0, 0.05) is 5.56 Å². The molecule has 0 bridgehead atoms. The number of aliphatic hydroxyl groups is 5. The first-order valence-corrected chi connectivity index (χ1v) is 7.21. The van der Waals surface area contributed by atoms with Crippen LogP contribution in [0.3, 0.4) is 0 Å². The standard InChI is InChI=1S/C13H18N2O5S/c16-6-9(18)10(19)11(20)13(7-17)15-14-12(21-13)8-4-2-1-3-5-8/h1-5,9-11,15-20H,6-7H2/t9-,10-,11-,13-/m1/s1. The smallest absolute Gasteiger partial charge is 0.157 e. The van der Waals surface area contributed by atoms with Gasteiger partial charge in [0.1, 0.15) is 23.4 Å². The van der Waals surface area contributed by atoms with Crippen molar-refractivity contribution >= 4 is 16.8 Å². The molecule has 116 valence electrons. The number of rotatable bonds is 6. The maximum Gasteiger partial charge on any atom is 0.157 e. The number of thioether (sulfide) groups is 1. The SMILES string of the molecule is OC[C@@H](O)[C@@H](O)[C@@H](O)[C@]1(CO)NN=C(c2ccccc2)S1. The molecule has 0 saturated heterocycles. The normalized spacial score (nSPS) is 25.9. The summed E-state index contributed by atoms with van der Waals surface area (Å²) in [6.07, 6.45) is -4.65. The van der Waals surface area contributed by atoms with Crippen LogP contribution in [0.25, 0.3) is 0 Å². The van der Waals surface area contributed by atoms with E-state index in [1.807, 2.05) is 30.3 Å². The van der Waals surface area contributed by atoms with Gasteiger partial charge in [-0.25, -0.2) is 0 Å². The largest absolute Gasteiger partial charge is 0.394 e. The number of hydrogen-bond donors (Lipinski definition) is 6. The van der Waals surface area contributed by atoms with Crippen LogP contribution >= 0.6 is 11.8 Å². The fourth-order valence-electron chi connectivity index (χ4n) is 1.95. The van der Waals surface area contributed by atoms with E-state index in [0.29, 0.717) is 5.04 Å². The first-order chi connectivity index (χ1) is 10.0. The third-order valence-electron chi connectivity index (χ3n) is 3.26. The van der Waals surface area contributed by atoms with Gasteiger partial charge in [-0.15, -0.1) is 0 Å². The first-order valence-electron chi connectivity index (χ1n) is 6.39. The molecule has 4 atom stereocenters. The lowest BCUT2D eigenvalue weighted by Crippen LogP contribution is -2.58. The molecule has 0 amide bonds. The van der Waals surface area contributed by atoms with Crippen molar-refractivity contribution in [3.05, 3.63) is 35.9 Å². The molecule has 1 aliphatic heterocycles. The molecule has 0 fully saturated rings. The maximum absolute atomic E-state index is 10.2. The molecule has 0 aliphatic carbocycles. The van der Waals surface area contributed by atoms with Crippen LogP contribution in [0.15, 0.2) is 35.4 Å². The highest BCUT2D eigenvalue weighted by atomic mass is 32.2. The summed E-state index contributed by atoms with van der Waals surface area (Å²) in [4.78, 5) is -1.37. The summed E-state index contributed by atoms with van der Waals surface area (Å²) < 4.78 is 0. The fraction of sp³-hybridized carbons (Fsp3) is 0.462. The van der Waals surface area contributed by atoms with Crippen molar-refractivity contribution in [2.75, 3.05) is 13.2 Å². The summed E-state index contributed by atoms with van der Waals surface area (Å²) in [6.45, 7) is -1.22. The highest BCUT2D eigenvalue weighted by Gasteiger charge is 2.48. The summed E-state index contributed by atoms with van der Waals surface area (Å²) in [5.41, 5.74) is 3.43. The molecule has 1 heterocycles. The molecular weight excluding hydrogens is 296 g/mol. The van der Waals surface area contributed by atoms with Crippen LogP contribution in [0.4, 0.5) is 0 Å². The van der Waals surface area contributed by atoms with Crippen LogP contribution in [-0.4, -0.2) is 67.0 Å². The van der Waals surface area contributed by atoms with Gasteiger partial charge in [-0.05, 0) is 0 Å². The Morgan fingerprint density at radius 2 is 1.81 bits per heavy atom. The Labute approximate surface area is 125 Å². The summed E-state index contributed by atoms with van der Waals surface area (Å²) >= 11 is 1.06. The molecule has 1 aliphatic rings. The van der Waals surface area contributed by atoms with E-state index in [-0.39, 0.29) is 0 Å². The molecule has 1 aromatic rings. The Balaban J connectivity index is 2.15. The topological polar surface area (TPSA) is 126 Å². The molecular formula is C13H18N2O5S. The Morgan fingerprint density at radius 1 is 1.14 bits per heavy atom. The molecule has 0 aromatic heterocycles. The van der Waals surface area contributed by atoms with Crippen molar-refractivity contribution in [2.24, 2.45) is 5.10 Å². The Bertz CT molecular complexity index is 501. The zero-order valence-electron chi connectivity index (χ0n) is 11.1. The van der Waals surface area contributed by atoms with Gasteiger partial charge in [0.15, 0.2) is 4.87 Å². The third kappa shape index (κ3) is 3.20. The van der Waals surface area contributed by atoms with E-state index in [2.05, 4.69) is 10.5 Å². The number of hydrazone groups is 1. The van der Waals surface area contributed by atoms with Gasteiger partial charge < -0.3 is 25.5 Å². The van der Waals surface area contributed by atoms with E-state index < -0.39 is 36.4 Å². The van der Waals surface area contributed by atoms with Crippen molar-refractivity contribution in [3.63, 3.8) is 0 Å². The zero-order chi connectivity index (χ0) is 15.5. The average Bonchev–Trinajstić information content (AvgIpc) is 2.99. The van der Waals surface area contributed by atoms with Gasteiger partial charge in [0.25, 0.3) is 0 Å². The van der Waals surface area contributed by atoms with Crippen LogP contribution < -0.4 is 5.43 Å². The second-order valence-corrected chi connectivity index (χ2v) is 6.05. The summed E-state index contributed by atoms with van der Waals surface area (Å²) in [5, 5.41) is 52.5. The van der Waals surface area contributed by atoms with Gasteiger partial charge in [-0.3, -0.25) is 5.43 Å². The summed E-state index contributed by atoms with van der Waals surface area (Å²) in [5.74, 6) is 0. The van der Waals surface area contributed by atoms with Gasteiger partial charge in [-0.1, -0.05) is 42.1 Å². The molecule has 0 unspecified atom stereocenters. The molecule has 2 rings (SSSR count). The van der Waals surface area contributed by atoms with Crippen LogP contribution in [0.1, 0.15) is 5.56 Å². The summed E-state index contributed by atoms with van der Waals surface area (Å²) in [7, 11) is 0. The Kier molecular flexibility index (Phi) is 5.20. The van der Waals surface area contributed by atoms with E-state index >= 15 is 0 Å². The second-order valence-electron chi connectivity index (χ2n) is 4.73. The van der Waals surface area contributed by atoms with Gasteiger partial charge in [0.2, 0.25) is 0 Å². The van der Waals surface area contributed by atoms with E-state index in [4.69, 9.17) is 5.11 Å². The first kappa shape index (κ1) is 16.2. The van der Waals surface area contributed by atoms with Crippen LogP contribution in [-0.2, 0) is 0 Å². The van der Waals surface area contributed by atoms with Gasteiger partial charge >= 0.3 is 0 Å². The lowest BCUT2D eigenvalue weighted by molar-refractivity contribution is -0.0969. The van der Waals surface area contributed by atoms with Crippen molar-refractivity contribution in [2.45, 2.75) is 23.2 Å². The van der Waals surface area contributed by atoms with Crippen molar-refractivity contribution in [1.29, 1.82) is 0 Å². The lowest BCUT2D eigenvalue weighted by Gasteiger charge is -2.35. The molecule has 7 nitrogen and oxygen atoms in total. The Morgan fingerprint density at radius 3 is 2.38 bits per heavy atom. The van der Waals surface area contributed by atoms with Crippen molar-refractivity contribution in [1.82, 2.24) is 5.43 Å². The molecule has 6 N–H and O–H groups in total. The quantitative estimate of drug-likeness (QED) is 0.375. The lowest BCUT2D eigenvalue weighted by atomic mass is 10.0. The van der Waals surface area contributed by atoms with E-state index in [1.165, 1.54) is 0 Å². The van der Waals surface area contributed by atoms with E-state index in [0.717, 1.165) is 17.3 Å². The number of benzene rings is 1. The number of aliphatic hydroxyl groups excluding tert-OH is 5. The minimum absolute atomic E-state index is 0.520. The van der Waals surface area contributed by atoms with Crippen LogP contribution in [0.5, 0.6) is 0 Å². The van der Waals surface area contributed by atoms with E-state index in [9.17, 15) is 20.4 Å². The average molecular weight is 314 g/mol. The predicted octanol–water partition coefficient (Wildman–Crippen LogP) is -1.55. The molecule has 0 spiro atoms. The molecule has 0 saturated carbocycles. The predicted molar refractivity (Wildman–Crippen MR) is 78.6 cm³/mol. The number of hydrogen-bond acceptors (Lipinski definition) is 8. The molecule has 21 heavy (non-hydrogen) atoms. The van der Waals surface area contributed by atoms with E-state index in [1.54, 1.807) is 0 Å². The van der Waals surface area contributed by atoms with Gasteiger partial charge in [-0.2, -0.15) is 5.10 Å². The van der Waals surface area contributed by atoms with Crippen molar-refractivity contribution in [3.8, 4) is 0 Å². The third-order valence-corrected chi connectivity index (χ3v) is 4.61. The van der Waals surface area contributed by atoms with Crippen LogP contribution in [0.2, 0.25) is 0 Å². The number of nitrogens with zero attached hydrogens (tertiary/aromatic N) is 1. The minimum atomic E-state index is -1.62. The number of nitrogens with one attached hydrogen (secondary N) is 1. The van der Waals surface area contributed by atoms with Crippen molar-refractivity contribution < 1.29 is 25.5 Å². The summed E-state index contributed by atoms with van der Waals surface area (Å²) in [6, 6.07) is 9.17. The second kappa shape index (κ2) is 6.73. The maximum atomic E-state index is 10.2. The highest BCUT2D eigenvalue weighted by Crippen LogP contribution is 2.36. The monoisotopic (exact) mass is 314 g/mol. The van der Waals surface area contributed by atoms with Gasteiger partial charge in [0.05, 0.1) is 13.2 Å². The molecule has 0 radical (unpaired) electrons.